The van der Waals surface area contributed by atoms with E-state index < -0.39 is 0 Å². The molecule has 0 spiro atoms. The van der Waals surface area contributed by atoms with Crippen LogP contribution >= 0.6 is 12.4 Å². The molecule has 1 aliphatic carbocycles. The summed E-state index contributed by atoms with van der Waals surface area (Å²) in [5.41, 5.74) is 0.808. The van der Waals surface area contributed by atoms with Gasteiger partial charge in [0.25, 0.3) is 0 Å². The van der Waals surface area contributed by atoms with Gasteiger partial charge < -0.3 is 5.32 Å². The fourth-order valence-electron chi connectivity index (χ4n) is 4.02. The molecular weight excluding hydrogens is 332 g/mol. The van der Waals surface area contributed by atoms with Gasteiger partial charge in [0, 0.05) is 0 Å². The van der Waals surface area contributed by atoms with Gasteiger partial charge in [-0.3, -0.25) is 9.69 Å². The maximum absolute atomic E-state index is 13.0. The van der Waals surface area contributed by atoms with Crippen molar-refractivity contribution >= 4 is 18.3 Å². The van der Waals surface area contributed by atoms with E-state index in [0.29, 0.717) is 6.54 Å². The number of carbonyl (C=O) groups is 1. The largest absolute Gasteiger partial charge is 0.344 e. The minimum atomic E-state index is -0.351. The van der Waals surface area contributed by atoms with Crippen molar-refractivity contribution in [2.45, 2.75) is 50.4 Å². The van der Waals surface area contributed by atoms with E-state index in [9.17, 15) is 4.79 Å². The molecule has 25 heavy (non-hydrogen) atoms. The Bertz CT molecular complexity index is 593. The Hall–Kier alpha value is -1.50. The fourth-order valence-corrected chi connectivity index (χ4v) is 4.02. The predicted octanol–water partition coefficient (Wildman–Crippen LogP) is 3.53. The molecule has 3 rings (SSSR count). The molecule has 0 radical (unpaired) electrons. The van der Waals surface area contributed by atoms with E-state index in [0.717, 1.165) is 50.9 Å². The lowest BCUT2D eigenvalue weighted by Gasteiger charge is -2.36. The molecule has 2 aliphatic rings. The van der Waals surface area contributed by atoms with Crippen molar-refractivity contribution < 1.29 is 4.79 Å². The summed E-state index contributed by atoms with van der Waals surface area (Å²) in [5, 5.41) is 3.09. The number of benzene rings is 1. The molecule has 0 atom stereocenters. The summed E-state index contributed by atoms with van der Waals surface area (Å²) in [5.74, 6) is 6.48. The molecule has 0 bridgehead atoms. The number of halogens is 1. The quantitative estimate of drug-likeness (QED) is 0.833. The summed E-state index contributed by atoms with van der Waals surface area (Å²) < 4.78 is 0. The highest BCUT2D eigenvalue weighted by Crippen LogP contribution is 2.39. The first-order valence-electron chi connectivity index (χ1n) is 9.33. The first kappa shape index (κ1) is 19.8. The monoisotopic (exact) mass is 360 g/mol. The van der Waals surface area contributed by atoms with Crippen LogP contribution < -0.4 is 5.32 Å². The maximum atomic E-state index is 13.0. The molecule has 1 aromatic rings. The molecule has 0 unspecified atom stereocenters. The van der Waals surface area contributed by atoms with Gasteiger partial charge in [-0.15, -0.1) is 12.4 Å². The first-order valence-corrected chi connectivity index (χ1v) is 9.33. The summed E-state index contributed by atoms with van der Waals surface area (Å²) in [6.45, 7) is 3.62. The lowest BCUT2D eigenvalue weighted by molar-refractivity contribution is -0.127. The summed E-state index contributed by atoms with van der Waals surface area (Å²) >= 11 is 0. The third-order valence-corrected chi connectivity index (χ3v) is 5.43. The van der Waals surface area contributed by atoms with Crippen LogP contribution in [0.3, 0.4) is 0 Å². The topological polar surface area (TPSA) is 32.3 Å². The minimum absolute atomic E-state index is 0. The number of hydrogen-bond acceptors (Lipinski definition) is 2. The zero-order chi connectivity index (χ0) is 16.7. The van der Waals surface area contributed by atoms with Crippen molar-refractivity contribution in [3.05, 3.63) is 35.9 Å². The zero-order valence-electron chi connectivity index (χ0n) is 14.9. The van der Waals surface area contributed by atoms with E-state index in [1.165, 1.54) is 19.3 Å². The second-order valence-corrected chi connectivity index (χ2v) is 7.03. The predicted molar refractivity (Wildman–Crippen MR) is 105 cm³/mol. The molecule has 0 aromatic heterocycles. The average molecular weight is 361 g/mol. The molecule has 1 aliphatic heterocycles. The highest BCUT2D eigenvalue weighted by atomic mass is 35.5. The number of nitrogens with zero attached hydrogens (tertiary/aromatic N) is 1. The summed E-state index contributed by atoms with van der Waals surface area (Å²) in [6, 6.07) is 10.3. The number of carbonyl (C=O) groups excluding carboxylic acids is 1. The Labute approximate surface area is 158 Å². The van der Waals surface area contributed by atoms with Crippen LogP contribution in [-0.2, 0) is 10.2 Å². The van der Waals surface area contributed by atoms with Gasteiger partial charge in [-0.25, -0.2) is 0 Å². The van der Waals surface area contributed by atoms with E-state index in [2.05, 4.69) is 34.2 Å². The number of rotatable bonds is 4. The Morgan fingerprint density at radius 1 is 1.00 bits per heavy atom. The number of likely N-dealkylation sites (tertiary alicyclic amines) is 1. The molecule has 1 aromatic carbocycles. The van der Waals surface area contributed by atoms with Gasteiger partial charge in [0.15, 0.2) is 0 Å². The molecule has 1 saturated carbocycles. The van der Waals surface area contributed by atoms with Gasteiger partial charge in [-0.1, -0.05) is 61.4 Å². The molecule has 1 saturated heterocycles. The van der Waals surface area contributed by atoms with Crippen LogP contribution in [0.5, 0.6) is 0 Å². The molecule has 2 fully saturated rings. The van der Waals surface area contributed by atoms with Crippen molar-refractivity contribution in [1.82, 2.24) is 10.2 Å². The van der Waals surface area contributed by atoms with E-state index in [1.807, 2.05) is 18.2 Å². The number of nitrogens with one attached hydrogen (secondary N) is 1. The molecule has 3 nitrogen and oxygen atoms in total. The van der Waals surface area contributed by atoms with E-state index >= 15 is 0 Å². The lowest BCUT2D eigenvalue weighted by Crippen LogP contribution is -2.46. The Morgan fingerprint density at radius 3 is 2.36 bits per heavy atom. The third-order valence-electron chi connectivity index (χ3n) is 5.43. The fraction of sp³-hybridized carbons (Fsp3) is 0.571. The molecular formula is C21H29ClN2O. The van der Waals surface area contributed by atoms with Crippen molar-refractivity contribution in [3.8, 4) is 11.8 Å². The van der Waals surface area contributed by atoms with Gasteiger partial charge >= 0.3 is 0 Å². The average Bonchev–Trinajstić information content (AvgIpc) is 3.16. The van der Waals surface area contributed by atoms with Crippen LogP contribution in [-0.4, -0.2) is 37.0 Å². The van der Waals surface area contributed by atoms with E-state index in [-0.39, 0.29) is 23.7 Å². The van der Waals surface area contributed by atoms with E-state index in [4.69, 9.17) is 0 Å². The number of amides is 1. The summed E-state index contributed by atoms with van der Waals surface area (Å²) in [6.07, 6.45) is 7.97. The van der Waals surface area contributed by atoms with Gasteiger partial charge in [0.1, 0.15) is 0 Å². The van der Waals surface area contributed by atoms with Crippen LogP contribution in [0, 0.1) is 11.8 Å². The van der Waals surface area contributed by atoms with Crippen molar-refractivity contribution in [2.24, 2.45) is 0 Å². The van der Waals surface area contributed by atoms with Crippen LogP contribution in [0.4, 0.5) is 0 Å². The summed E-state index contributed by atoms with van der Waals surface area (Å²) in [4.78, 5) is 15.3. The first-order chi connectivity index (χ1) is 11.8. The normalized spacial score (nSPS) is 19.4. The molecule has 1 heterocycles. The van der Waals surface area contributed by atoms with E-state index in [1.54, 1.807) is 0 Å². The SMILES string of the molecule is Cl.O=C(NCC#CCN1CCCC1)C1(c2ccccc2)CCCCC1. The second-order valence-electron chi connectivity index (χ2n) is 7.03. The molecule has 4 heteroatoms. The second kappa shape index (κ2) is 9.85. The maximum Gasteiger partial charge on any atom is 0.231 e. The Balaban J connectivity index is 0.00000225. The van der Waals surface area contributed by atoms with Crippen LogP contribution in [0.1, 0.15) is 50.5 Å². The van der Waals surface area contributed by atoms with Gasteiger partial charge in [0.05, 0.1) is 18.5 Å². The van der Waals surface area contributed by atoms with Crippen LogP contribution in [0.25, 0.3) is 0 Å². The van der Waals surface area contributed by atoms with Gasteiger partial charge in [-0.05, 0) is 44.3 Å². The van der Waals surface area contributed by atoms with Crippen LogP contribution in [0.2, 0.25) is 0 Å². The highest BCUT2D eigenvalue weighted by molar-refractivity contribution is 5.88. The molecule has 1 amide bonds. The van der Waals surface area contributed by atoms with Crippen LogP contribution in [0.15, 0.2) is 30.3 Å². The third kappa shape index (κ3) is 5.00. The lowest BCUT2D eigenvalue weighted by atomic mass is 9.68. The molecule has 136 valence electrons. The van der Waals surface area contributed by atoms with Crippen molar-refractivity contribution in [3.63, 3.8) is 0 Å². The van der Waals surface area contributed by atoms with Crippen molar-refractivity contribution in [1.29, 1.82) is 0 Å². The Kier molecular flexibility index (Phi) is 7.81. The Morgan fingerprint density at radius 2 is 1.68 bits per heavy atom. The van der Waals surface area contributed by atoms with Gasteiger partial charge in [0.2, 0.25) is 5.91 Å². The smallest absolute Gasteiger partial charge is 0.231 e. The standard InChI is InChI=1S/C21H28N2O.ClH/c24-20(22-15-7-8-16-23-17-9-10-18-23)21(13-5-2-6-14-21)19-11-3-1-4-12-19;/h1,3-4,11-12H,2,5-6,9-10,13-18H2,(H,22,24);1H. The minimum Gasteiger partial charge on any atom is -0.344 e. The summed E-state index contributed by atoms with van der Waals surface area (Å²) in [7, 11) is 0. The zero-order valence-corrected chi connectivity index (χ0v) is 15.7. The molecule has 1 N–H and O–H groups in total. The number of hydrogen-bond donors (Lipinski definition) is 1. The van der Waals surface area contributed by atoms with Gasteiger partial charge in [-0.2, -0.15) is 0 Å². The highest BCUT2D eigenvalue weighted by Gasteiger charge is 2.40. The van der Waals surface area contributed by atoms with Crippen molar-refractivity contribution in [2.75, 3.05) is 26.2 Å².